The molecule has 0 atom stereocenters. The summed E-state index contributed by atoms with van der Waals surface area (Å²) in [5, 5.41) is 32.3. The molecule has 1 amide bonds. The maximum Gasteiger partial charge on any atom is 0.300 e. The molecular formula is C23H29N5O6. The SMILES string of the molecule is CC(=O)O.CN1CCN(c2ccc([N+](=O)[O-])cc2C=NNC(=O)CCc2ccccc2O)CC1. The number of benzene rings is 2. The average Bonchev–Trinajstić information content (AvgIpc) is 2.79. The van der Waals surface area contributed by atoms with E-state index in [1.165, 1.54) is 18.3 Å². The molecular weight excluding hydrogens is 442 g/mol. The number of hydrogen-bond acceptors (Lipinski definition) is 8. The molecule has 34 heavy (non-hydrogen) atoms. The quantitative estimate of drug-likeness (QED) is 0.316. The van der Waals surface area contributed by atoms with E-state index in [0.29, 0.717) is 17.5 Å². The van der Waals surface area contributed by atoms with E-state index in [9.17, 15) is 20.0 Å². The fraction of sp³-hybridized carbons (Fsp3) is 0.348. The van der Waals surface area contributed by atoms with E-state index in [4.69, 9.17) is 9.90 Å². The number of aromatic hydroxyl groups is 1. The highest BCUT2D eigenvalue weighted by atomic mass is 16.6. The molecule has 0 radical (unpaired) electrons. The third-order valence-electron chi connectivity index (χ3n) is 5.07. The smallest absolute Gasteiger partial charge is 0.300 e. The molecule has 0 spiro atoms. The first-order chi connectivity index (χ1) is 16.2. The molecule has 0 unspecified atom stereocenters. The zero-order chi connectivity index (χ0) is 25.1. The molecule has 182 valence electrons. The van der Waals surface area contributed by atoms with Gasteiger partial charge in [0.2, 0.25) is 5.91 Å². The van der Waals surface area contributed by atoms with Gasteiger partial charge >= 0.3 is 0 Å². The van der Waals surface area contributed by atoms with Crippen molar-refractivity contribution in [1.82, 2.24) is 10.3 Å². The van der Waals surface area contributed by atoms with Gasteiger partial charge in [-0.25, -0.2) is 5.43 Å². The van der Waals surface area contributed by atoms with Gasteiger partial charge in [0.15, 0.2) is 0 Å². The first-order valence-corrected chi connectivity index (χ1v) is 10.7. The van der Waals surface area contributed by atoms with Gasteiger partial charge in [-0.2, -0.15) is 5.10 Å². The largest absolute Gasteiger partial charge is 0.508 e. The van der Waals surface area contributed by atoms with Gasteiger partial charge in [0, 0.05) is 62.9 Å². The molecule has 0 aromatic heterocycles. The van der Waals surface area contributed by atoms with Crippen LogP contribution in [0.4, 0.5) is 11.4 Å². The van der Waals surface area contributed by atoms with Gasteiger partial charge in [0.25, 0.3) is 11.7 Å². The molecule has 1 aliphatic heterocycles. The molecule has 11 nitrogen and oxygen atoms in total. The van der Waals surface area contributed by atoms with Crippen molar-refractivity contribution in [2.24, 2.45) is 5.10 Å². The topological polar surface area (TPSA) is 149 Å². The fourth-order valence-corrected chi connectivity index (χ4v) is 3.29. The van der Waals surface area contributed by atoms with E-state index in [0.717, 1.165) is 38.8 Å². The number of carboxylic acids is 1. The van der Waals surface area contributed by atoms with Crippen LogP contribution < -0.4 is 10.3 Å². The molecule has 2 aromatic rings. The summed E-state index contributed by atoms with van der Waals surface area (Å²) in [6.07, 6.45) is 1.99. The molecule has 0 saturated carbocycles. The van der Waals surface area contributed by atoms with Crippen molar-refractivity contribution in [2.75, 3.05) is 38.1 Å². The summed E-state index contributed by atoms with van der Waals surface area (Å²) in [5.41, 5.74) is 4.55. The molecule has 3 N–H and O–H groups in total. The normalized spacial score (nSPS) is 13.8. The number of nitrogens with one attached hydrogen (secondary N) is 1. The van der Waals surface area contributed by atoms with Crippen LogP contribution in [0.15, 0.2) is 47.6 Å². The van der Waals surface area contributed by atoms with Crippen molar-refractivity contribution in [3.8, 4) is 5.75 Å². The third kappa shape index (κ3) is 8.51. The van der Waals surface area contributed by atoms with Gasteiger partial charge < -0.3 is 20.0 Å². The number of carbonyl (C=O) groups is 2. The molecule has 1 heterocycles. The Balaban J connectivity index is 0.000000945. The highest BCUT2D eigenvalue weighted by Gasteiger charge is 2.18. The number of aliphatic carboxylic acids is 1. The summed E-state index contributed by atoms with van der Waals surface area (Å²) in [6.45, 7) is 4.50. The minimum absolute atomic E-state index is 0.0276. The Morgan fingerprint density at radius 3 is 2.44 bits per heavy atom. The molecule has 1 saturated heterocycles. The molecule has 2 aromatic carbocycles. The van der Waals surface area contributed by atoms with Crippen LogP contribution in [0.3, 0.4) is 0 Å². The van der Waals surface area contributed by atoms with Gasteiger partial charge in [-0.3, -0.25) is 19.7 Å². The van der Waals surface area contributed by atoms with Crippen LogP contribution in [-0.2, 0) is 16.0 Å². The molecule has 1 fully saturated rings. The van der Waals surface area contributed by atoms with Crippen molar-refractivity contribution >= 4 is 29.5 Å². The number of non-ortho nitro benzene ring substituents is 1. The first kappa shape index (κ1) is 26.3. The van der Waals surface area contributed by atoms with Crippen LogP contribution in [0.25, 0.3) is 0 Å². The first-order valence-electron chi connectivity index (χ1n) is 10.7. The summed E-state index contributed by atoms with van der Waals surface area (Å²) in [5.74, 6) is -0.983. The Morgan fingerprint density at radius 2 is 1.82 bits per heavy atom. The molecule has 0 aliphatic carbocycles. The van der Waals surface area contributed by atoms with E-state index >= 15 is 0 Å². The maximum atomic E-state index is 12.1. The number of nitro benzene ring substituents is 1. The number of aryl methyl sites for hydroxylation is 1. The Labute approximate surface area is 197 Å². The van der Waals surface area contributed by atoms with Crippen LogP contribution in [-0.4, -0.2) is 71.4 Å². The van der Waals surface area contributed by atoms with E-state index in [1.807, 2.05) is 0 Å². The number of phenolic OH excluding ortho intramolecular Hbond substituents is 1. The van der Waals surface area contributed by atoms with Crippen LogP contribution in [0, 0.1) is 10.1 Å². The number of hydrogen-bond donors (Lipinski definition) is 3. The summed E-state index contributed by atoms with van der Waals surface area (Å²) in [7, 11) is 2.06. The van der Waals surface area contributed by atoms with Crippen molar-refractivity contribution in [3.05, 3.63) is 63.7 Å². The lowest BCUT2D eigenvalue weighted by atomic mass is 10.1. The Bertz CT molecular complexity index is 1030. The van der Waals surface area contributed by atoms with Crippen molar-refractivity contribution < 1.29 is 24.7 Å². The summed E-state index contributed by atoms with van der Waals surface area (Å²) in [4.78, 5) is 36.2. The Kier molecular flexibility index (Phi) is 9.96. The second-order valence-corrected chi connectivity index (χ2v) is 7.73. The second kappa shape index (κ2) is 12.9. The number of anilines is 1. The van der Waals surface area contributed by atoms with Gasteiger partial charge in [-0.05, 0) is 31.2 Å². The number of amides is 1. The van der Waals surface area contributed by atoms with Crippen LogP contribution in [0.1, 0.15) is 24.5 Å². The summed E-state index contributed by atoms with van der Waals surface area (Å²) in [6, 6.07) is 11.5. The zero-order valence-corrected chi connectivity index (χ0v) is 19.2. The number of piperazine rings is 1. The predicted octanol–water partition coefficient (Wildman–Crippen LogP) is 2.23. The zero-order valence-electron chi connectivity index (χ0n) is 19.2. The average molecular weight is 472 g/mol. The van der Waals surface area contributed by atoms with Gasteiger partial charge in [-0.15, -0.1) is 0 Å². The van der Waals surface area contributed by atoms with E-state index < -0.39 is 10.9 Å². The van der Waals surface area contributed by atoms with Crippen molar-refractivity contribution in [2.45, 2.75) is 19.8 Å². The minimum Gasteiger partial charge on any atom is -0.508 e. The second-order valence-electron chi connectivity index (χ2n) is 7.73. The number of likely N-dealkylation sites (N-methyl/N-ethyl adjacent to an activating group) is 1. The van der Waals surface area contributed by atoms with Gasteiger partial charge in [0.1, 0.15) is 5.75 Å². The lowest BCUT2D eigenvalue weighted by Gasteiger charge is -2.34. The number of rotatable bonds is 7. The van der Waals surface area contributed by atoms with Crippen molar-refractivity contribution in [1.29, 1.82) is 0 Å². The molecule has 0 bridgehead atoms. The number of carboxylic acid groups (broad SMARTS) is 1. The van der Waals surface area contributed by atoms with E-state index in [1.54, 1.807) is 30.3 Å². The number of para-hydroxylation sites is 1. The number of nitro groups is 1. The summed E-state index contributed by atoms with van der Waals surface area (Å²) < 4.78 is 0. The maximum absolute atomic E-state index is 12.1. The van der Waals surface area contributed by atoms with Gasteiger partial charge in [-0.1, -0.05) is 18.2 Å². The third-order valence-corrected chi connectivity index (χ3v) is 5.07. The number of hydrazone groups is 1. The monoisotopic (exact) mass is 471 g/mol. The van der Waals surface area contributed by atoms with Gasteiger partial charge in [0.05, 0.1) is 11.1 Å². The van der Waals surface area contributed by atoms with Crippen LogP contribution in [0.2, 0.25) is 0 Å². The highest BCUT2D eigenvalue weighted by molar-refractivity contribution is 5.90. The Hall–Kier alpha value is -3.99. The fourth-order valence-electron chi connectivity index (χ4n) is 3.29. The number of phenols is 1. The molecule has 11 heteroatoms. The number of carbonyl (C=O) groups excluding carboxylic acids is 1. The van der Waals surface area contributed by atoms with Crippen molar-refractivity contribution in [3.63, 3.8) is 0 Å². The standard InChI is InChI=1S/C21H25N5O4.C2H4O2/c1-24-10-12-25(13-11-24)19-8-7-18(26(29)30)14-17(19)15-22-23-21(28)9-6-16-4-2-3-5-20(16)27;1-2(3)4/h2-5,7-8,14-15,27H,6,9-13H2,1H3,(H,23,28);1H3,(H,3,4). The lowest BCUT2D eigenvalue weighted by Crippen LogP contribution is -2.44. The van der Waals surface area contributed by atoms with E-state index in [2.05, 4.69) is 27.4 Å². The number of nitrogens with zero attached hydrogens (tertiary/aromatic N) is 4. The minimum atomic E-state index is -0.833. The highest BCUT2D eigenvalue weighted by Crippen LogP contribution is 2.25. The molecule has 1 aliphatic rings. The predicted molar refractivity (Wildman–Crippen MR) is 128 cm³/mol. The van der Waals surface area contributed by atoms with E-state index in [-0.39, 0.29) is 23.8 Å². The lowest BCUT2D eigenvalue weighted by molar-refractivity contribution is -0.384. The Morgan fingerprint density at radius 1 is 1.18 bits per heavy atom. The van der Waals surface area contributed by atoms with Crippen LogP contribution >= 0.6 is 0 Å². The molecule has 3 rings (SSSR count). The van der Waals surface area contributed by atoms with Crippen LogP contribution in [0.5, 0.6) is 5.75 Å². The summed E-state index contributed by atoms with van der Waals surface area (Å²) >= 11 is 0.